The third-order valence-corrected chi connectivity index (χ3v) is 3.38. The van der Waals surface area contributed by atoms with Crippen LogP contribution in [0.4, 0.5) is 9.59 Å². The SMILES string of the molecule is COC(=O)c1ccc(C(C)N(C(=O)OC(C)(C)C)C(=O)OC(C)(C)C)cc1. The van der Waals surface area contributed by atoms with Gasteiger partial charge in [-0.25, -0.2) is 19.3 Å². The number of carbonyl (C=O) groups is 3. The first-order chi connectivity index (χ1) is 12.2. The highest BCUT2D eigenvalue weighted by molar-refractivity contribution is 5.90. The molecule has 2 amide bonds. The lowest BCUT2D eigenvalue weighted by molar-refractivity contribution is -0.00613. The molecule has 0 saturated heterocycles. The van der Waals surface area contributed by atoms with Gasteiger partial charge < -0.3 is 14.2 Å². The summed E-state index contributed by atoms with van der Waals surface area (Å²) in [7, 11) is 1.30. The van der Waals surface area contributed by atoms with E-state index in [0.29, 0.717) is 11.1 Å². The fourth-order valence-electron chi connectivity index (χ4n) is 2.18. The summed E-state index contributed by atoms with van der Waals surface area (Å²) in [6, 6.07) is 5.78. The van der Waals surface area contributed by atoms with E-state index in [1.165, 1.54) is 7.11 Å². The maximum Gasteiger partial charge on any atom is 0.420 e. The van der Waals surface area contributed by atoms with Gasteiger partial charge in [0.1, 0.15) is 11.2 Å². The summed E-state index contributed by atoms with van der Waals surface area (Å²) >= 11 is 0. The number of hydrogen-bond acceptors (Lipinski definition) is 6. The number of rotatable bonds is 3. The first-order valence-electron chi connectivity index (χ1n) is 8.68. The molecule has 0 aromatic heterocycles. The summed E-state index contributed by atoms with van der Waals surface area (Å²) in [5, 5.41) is 0. The molecule has 0 aliphatic heterocycles. The molecule has 0 heterocycles. The fraction of sp³-hybridized carbons (Fsp3) is 0.550. The van der Waals surface area contributed by atoms with Gasteiger partial charge in [0.2, 0.25) is 0 Å². The summed E-state index contributed by atoms with van der Waals surface area (Å²) in [6.45, 7) is 12.0. The molecular formula is C20H29NO6. The zero-order valence-electron chi connectivity index (χ0n) is 17.3. The van der Waals surface area contributed by atoms with Crippen LogP contribution in [0.15, 0.2) is 24.3 Å². The highest BCUT2D eigenvalue weighted by Gasteiger charge is 2.35. The predicted octanol–water partition coefficient (Wildman–Crippen LogP) is 4.71. The number of imide groups is 1. The molecule has 1 unspecified atom stereocenters. The van der Waals surface area contributed by atoms with Crippen LogP contribution in [0.25, 0.3) is 0 Å². The van der Waals surface area contributed by atoms with E-state index >= 15 is 0 Å². The zero-order chi connectivity index (χ0) is 21.0. The maximum atomic E-state index is 12.7. The molecule has 0 fully saturated rings. The van der Waals surface area contributed by atoms with Crippen molar-refractivity contribution in [3.63, 3.8) is 0 Å². The van der Waals surface area contributed by atoms with Crippen molar-refractivity contribution in [3.8, 4) is 0 Å². The summed E-state index contributed by atoms with van der Waals surface area (Å²) < 4.78 is 15.4. The largest absolute Gasteiger partial charge is 0.465 e. The van der Waals surface area contributed by atoms with Crippen molar-refractivity contribution in [2.45, 2.75) is 65.7 Å². The Kier molecular flexibility index (Phi) is 7.00. The minimum Gasteiger partial charge on any atom is -0.465 e. The zero-order valence-corrected chi connectivity index (χ0v) is 17.3. The van der Waals surface area contributed by atoms with Crippen molar-refractivity contribution in [2.24, 2.45) is 0 Å². The molecule has 7 nitrogen and oxygen atoms in total. The van der Waals surface area contributed by atoms with Crippen molar-refractivity contribution in [1.29, 1.82) is 0 Å². The topological polar surface area (TPSA) is 82.1 Å². The van der Waals surface area contributed by atoms with E-state index in [9.17, 15) is 14.4 Å². The van der Waals surface area contributed by atoms with E-state index in [4.69, 9.17) is 9.47 Å². The van der Waals surface area contributed by atoms with E-state index in [-0.39, 0.29) is 0 Å². The molecule has 1 rings (SSSR count). The highest BCUT2D eigenvalue weighted by Crippen LogP contribution is 2.26. The number of esters is 1. The molecule has 7 heteroatoms. The Morgan fingerprint density at radius 3 is 1.59 bits per heavy atom. The molecule has 0 N–H and O–H groups in total. The van der Waals surface area contributed by atoms with Gasteiger partial charge >= 0.3 is 18.2 Å². The molecule has 0 spiro atoms. The Balaban J connectivity index is 3.18. The van der Waals surface area contributed by atoms with Crippen LogP contribution >= 0.6 is 0 Å². The van der Waals surface area contributed by atoms with Crippen LogP contribution in [0.1, 0.15) is 70.4 Å². The van der Waals surface area contributed by atoms with Gasteiger partial charge in [-0.1, -0.05) is 12.1 Å². The fourth-order valence-corrected chi connectivity index (χ4v) is 2.18. The van der Waals surface area contributed by atoms with Crippen LogP contribution in [0.5, 0.6) is 0 Å². The monoisotopic (exact) mass is 379 g/mol. The highest BCUT2D eigenvalue weighted by atomic mass is 16.6. The molecule has 0 saturated carbocycles. The second kappa shape index (κ2) is 8.41. The smallest absolute Gasteiger partial charge is 0.420 e. The molecule has 27 heavy (non-hydrogen) atoms. The number of methoxy groups -OCH3 is 1. The molecule has 1 aromatic carbocycles. The second-order valence-electron chi connectivity index (χ2n) is 8.12. The van der Waals surface area contributed by atoms with Gasteiger partial charge in [0.15, 0.2) is 0 Å². The standard InChI is InChI=1S/C20H29NO6/c1-13(14-9-11-15(12-10-14)16(22)25-8)21(17(23)26-19(2,3)4)18(24)27-20(5,6)7/h9-13H,1-8H3. The molecule has 1 atom stereocenters. The Labute approximate surface area is 160 Å². The maximum absolute atomic E-state index is 12.7. The lowest BCUT2D eigenvalue weighted by atomic mass is 10.1. The summed E-state index contributed by atoms with van der Waals surface area (Å²) in [6.07, 6.45) is -1.61. The normalized spacial score (nSPS) is 12.7. The van der Waals surface area contributed by atoms with Gasteiger partial charge in [0, 0.05) is 0 Å². The number of hydrogen-bond donors (Lipinski definition) is 0. The van der Waals surface area contributed by atoms with Crippen molar-refractivity contribution in [2.75, 3.05) is 7.11 Å². The van der Waals surface area contributed by atoms with Crippen LogP contribution in [0.2, 0.25) is 0 Å². The van der Waals surface area contributed by atoms with E-state index in [2.05, 4.69) is 4.74 Å². The van der Waals surface area contributed by atoms with Crippen LogP contribution in [0.3, 0.4) is 0 Å². The number of ether oxygens (including phenoxy) is 3. The summed E-state index contributed by atoms with van der Waals surface area (Å²) in [5.74, 6) is -0.467. The van der Waals surface area contributed by atoms with Crippen molar-refractivity contribution < 1.29 is 28.6 Å². The lowest BCUT2D eigenvalue weighted by Gasteiger charge is -2.32. The third kappa shape index (κ3) is 6.92. The lowest BCUT2D eigenvalue weighted by Crippen LogP contribution is -2.44. The second-order valence-corrected chi connectivity index (χ2v) is 8.12. The van der Waals surface area contributed by atoms with Crippen LogP contribution in [-0.2, 0) is 14.2 Å². The quantitative estimate of drug-likeness (QED) is 0.559. The first kappa shape index (κ1) is 22.5. The van der Waals surface area contributed by atoms with Gasteiger partial charge in [0.05, 0.1) is 18.7 Å². The van der Waals surface area contributed by atoms with E-state index in [1.54, 1.807) is 72.7 Å². The van der Waals surface area contributed by atoms with Gasteiger partial charge in [0.25, 0.3) is 0 Å². The molecule has 1 aromatic rings. The Morgan fingerprint density at radius 1 is 0.852 bits per heavy atom. The van der Waals surface area contributed by atoms with E-state index < -0.39 is 35.4 Å². The van der Waals surface area contributed by atoms with E-state index in [0.717, 1.165) is 4.90 Å². The van der Waals surface area contributed by atoms with Crippen molar-refractivity contribution >= 4 is 18.2 Å². The number of amides is 2. The van der Waals surface area contributed by atoms with Crippen LogP contribution in [0, 0.1) is 0 Å². The van der Waals surface area contributed by atoms with Gasteiger partial charge in [-0.2, -0.15) is 0 Å². The Bertz CT molecular complexity index is 654. The minimum atomic E-state index is -0.804. The summed E-state index contributed by atoms with van der Waals surface area (Å²) in [5.41, 5.74) is -0.536. The molecule has 0 aliphatic carbocycles. The van der Waals surface area contributed by atoms with Crippen molar-refractivity contribution in [3.05, 3.63) is 35.4 Å². The third-order valence-electron chi connectivity index (χ3n) is 3.38. The van der Waals surface area contributed by atoms with Crippen molar-refractivity contribution in [1.82, 2.24) is 4.90 Å². The minimum absolute atomic E-state index is 0.370. The number of carbonyl (C=O) groups excluding carboxylic acids is 3. The molecule has 0 aliphatic rings. The molecule has 0 radical (unpaired) electrons. The molecular weight excluding hydrogens is 350 g/mol. The Hall–Kier alpha value is -2.57. The molecule has 0 bridgehead atoms. The number of benzene rings is 1. The van der Waals surface area contributed by atoms with E-state index in [1.807, 2.05) is 0 Å². The average molecular weight is 379 g/mol. The van der Waals surface area contributed by atoms with Crippen LogP contribution < -0.4 is 0 Å². The average Bonchev–Trinajstić information content (AvgIpc) is 2.50. The predicted molar refractivity (Wildman–Crippen MR) is 101 cm³/mol. The first-order valence-corrected chi connectivity index (χ1v) is 8.68. The van der Waals surface area contributed by atoms with Gasteiger partial charge in [-0.05, 0) is 66.2 Å². The van der Waals surface area contributed by atoms with Gasteiger partial charge in [-0.3, -0.25) is 0 Å². The molecule has 150 valence electrons. The Morgan fingerprint density at radius 2 is 1.26 bits per heavy atom. The van der Waals surface area contributed by atoms with Crippen LogP contribution in [-0.4, -0.2) is 41.4 Å². The summed E-state index contributed by atoms with van der Waals surface area (Å²) in [4.78, 5) is 37.8. The number of nitrogens with zero attached hydrogens (tertiary/aromatic N) is 1. The van der Waals surface area contributed by atoms with Gasteiger partial charge in [-0.15, -0.1) is 0 Å².